The second-order valence-corrected chi connectivity index (χ2v) is 8.73. The Labute approximate surface area is 170 Å². The van der Waals surface area contributed by atoms with Crippen molar-refractivity contribution in [3.8, 4) is 0 Å². The fourth-order valence-electron chi connectivity index (χ4n) is 4.70. The maximum absolute atomic E-state index is 11.5. The topological polar surface area (TPSA) is 26.7 Å². The molecule has 1 saturated heterocycles. The molecule has 0 radical (unpaired) electrons. The first-order valence-electron chi connectivity index (χ1n) is 9.84. The van der Waals surface area contributed by atoms with Gasteiger partial charge in [0.05, 0.1) is 5.60 Å². The van der Waals surface area contributed by atoms with E-state index >= 15 is 0 Å². The third-order valence-corrected chi connectivity index (χ3v) is 6.51. The summed E-state index contributed by atoms with van der Waals surface area (Å²) in [5.74, 6) is 0.146. The lowest BCUT2D eigenvalue weighted by molar-refractivity contribution is -0.0344. The zero-order valence-corrected chi connectivity index (χ0v) is 17.7. The maximum Gasteiger partial charge on any atom is 0.0728 e. The van der Waals surface area contributed by atoms with E-state index in [0.717, 1.165) is 50.3 Å². The maximum atomic E-state index is 11.5. The first-order valence-corrected chi connectivity index (χ1v) is 10.2. The molecular formula is C21H34Cl2N2O. The second-order valence-electron chi connectivity index (χ2n) is 8.29. The standard InChI is InChI=1S/C21H33ClN2O.ClH/c1-23(2)19-10-7-13-24(15-19)16-20(17-8-6-9-18(22)14-17)21(25)11-4-3-5-12-21;/h6,8-9,14,19-20,25H,3-5,7,10-13,15-16H2,1-2H3;1H/t19-,20?;/m0./s1. The molecule has 0 amide bonds. The Kier molecular flexibility index (Phi) is 8.24. The van der Waals surface area contributed by atoms with Crippen LogP contribution >= 0.6 is 24.0 Å². The highest BCUT2D eigenvalue weighted by Crippen LogP contribution is 2.41. The van der Waals surface area contributed by atoms with Crippen LogP contribution in [-0.2, 0) is 0 Å². The van der Waals surface area contributed by atoms with Crippen LogP contribution in [0.3, 0.4) is 0 Å². The summed E-state index contributed by atoms with van der Waals surface area (Å²) in [4.78, 5) is 4.90. The van der Waals surface area contributed by atoms with Gasteiger partial charge in [-0.3, -0.25) is 0 Å². The van der Waals surface area contributed by atoms with Crippen molar-refractivity contribution in [1.29, 1.82) is 0 Å². The number of benzene rings is 1. The lowest BCUT2D eigenvalue weighted by Crippen LogP contribution is -2.50. The number of hydrogen-bond donors (Lipinski definition) is 1. The van der Waals surface area contributed by atoms with Gasteiger partial charge in [-0.05, 0) is 64.0 Å². The monoisotopic (exact) mass is 400 g/mol. The minimum absolute atomic E-state index is 0. The molecule has 1 aliphatic heterocycles. The van der Waals surface area contributed by atoms with Crippen LogP contribution in [0.4, 0.5) is 0 Å². The first-order chi connectivity index (χ1) is 12.0. The van der Waals surface area contributed by atoms with Gasteiger partial charge in [-0.2, -0.15) is 0 Å². The van der Waals surface area contributed by atoms with Gasteiger partial charge < -0.3 is 14.9 Å². The number of likely N-dealkylation sites (N-methyl/N-ethyl adjacent to an activating group) is 1. The first kappa shape index (κ1) is 22.0. The highest BCUT2D eigenvalue weighted by atomic mass is 35.5. The SMILES string of the molecule is CN(C)[C@H]1CCCN(CC(c2cccc(Cl)c2)C2(O)CCCCC2)C1.Cl. The molecule has 1 unspecified atom stereocenters. The van der Waals surface area contributed by atoms with Gasteiger partial charge in [0.25, 0.3) is 0 Å². The average molecular weight is 401 g/mol. The van der Waals surface area contributed by atoms with Gasteiger partial charge in [-0.15, -0.1) is 12.4 Å². The molecule has 1 N–H and O–H groups in total. The van der Waals surface area contributed by atoms with E-state index in [9.17, 15) is 5.11 Å². The van der Waals surface area contributed by atoms with Crippen LogP contribution in [0, 0.1) is 0 Å². The summed E-state index contributed by atoms with van der Waals surface area (Å²) >= 11 is 6.28. The van der Waals surface area contributed by atoms with Crippen molar-refractivity contribution in [3.63, 3.8) is 0 Å². The predicted octanol–water partition coefficient (Wildman–Crippen LogP) is 4.57. The molecule has 148 valence electrons. The van der Waals surface area contributed by atoms with E-state index in [0.29, 0.717) is 6.04 Å². The summed E-state index contributed by atoms with van der Waals surface area (Å²) in [7, 11) is 4.36. The molecule has 0 aromatic heterocycles. The highest BCUT2D eigenvalue weighted by Gasteiger charge is 2.40. The molecule has 3 nitrogen and oxygen atoms in total. The fraction of sp³-hybridized carbons (Fsp3) is 0.714. The largest absolute Gasteiger partial charge is 0.389 e. The van der Waals surface area contributed by atoms with E-state index in [2.05, 4.69) is 36.0 Å². The molecule has 1 aliphatic carbocycles. The molecular weight excluding hydrogens is 367 g/mol. The van der Waals surface area contributed by atoms with E-state index in [-0.39, 0.29) is 18.3 Å². The number of nitrogens with zero attached hydrogens (tertiary/aromatic N) is 2. The van der Waals surface area contributed by atoms with Crippen molar-refractivity contribution < 1.29 is 5.11 Å². The summed E-state index contributed by atoms with van der Waals surface area (Å²) < 4.78 is 0. The van der Waals surface area contributed by atoms with Crippen LogP contribution < -0.4 is 0 Å². The van der Waals surface area contributed by atoms with Crippen LogP contribution in [-0.4, -0.2) is 60.3 Å². The Bertz CT molecular complexity index is 561. The van der Waals surface area contributed by atoms with Crippen molar-refractivity contribution >= 4 is 24.0 Å². The minimum atomic E-state index is -0.589. The third kappa shape index (κ3) is 5.36. The van der Waals surface area contributed by atoms with Crippen LogP contribution in [0.2, 0.25) is 5.02 Å². The molecule has 1 aromatic rings. The lowest BCUT2D eigenvalue weighted by Gasteiger charge is -2.44. The summed E-state index contributed by atoms with van der Waals surface area (Å²) in [6.45, 7) is 3.17. The number of likely N-dealkylation sites (tertiary alicyclic amines) is 1. The van der Waals surface area contributed by atoms with Gasteiger partial charge in [-0.1, -0.05) is 43.0 Å². The van der Waals surface area contributed by atoms with E-state index < -0.39 is 5.60 Å². The average Bonchev–Trinajstić information content (AvgIpc) is 2.60. The van der Waals surface area contributed by atoms with Crippen molar-refractivity contribution in [1.82, 2.24) is 9.80 Å². The molecule has 5 heteroatoms. The molecule has 3 rings (SSSR count). The van der Waals surface area contributed by atoms with Crippen LogP contribution in [0.15, 0.2) is 24.3 Å². The molecule has 0 bridgehead atoms. The predicted molar refractivity (Wildman–Crippen MR) is 113 cm³/mol. The highest BCUT2D eigenvalue weighted by molar-refractivity contribution is 6.30. The number of aliphatic hydroxyl groups is 1. The van der Waals surface area contributed by atoms with E-state index in [1.807, 2.05) is 12.1 Å². The number of hydrogen-bond acceptors (Lipinski definition) is 3. The summed E-state index contributed by atoms with van der Waals surface area (Å²) in [5, 5.41) is 12.3. The van der Waals surface area contributed by atoms with Crippen molar-refractivity contribution in [2.75, 3.05) is 33.7 Å². The van der Waals surface area contributed by atoms with Gasteiger partial charge in [0.2, 0.25) is 0 Å². The molecule has 2 atom stereocenters. The lowest BCUT2D eigenvalue weighted by atomic mass is 9.72. The van der Waals surface area contributed by atoms with Crippen LogP contribution in [0.25, 0.3) is 0 Å². The number of piperidine rings is 1. The normalized spacial score (nSPS) is 24.9. The third-order valence-electron chi connectivity index (χ3n) is 6.27. The zero-order valence-electron chi connectivity index (χ0n) is 16.2. The molecule has 1 saturated carbocycles. The second kappa shape index (κ2) is 9.75. The van der Waals surface area contributed by atoms with Crippen molar-refractivity contribution in [2.24, 2.45) is 0 Å². The Morgan fingerprint density at radius 2 is 1.96 bits per heavy atom. The number of halogens is 2. The Balaban J connectivity index is 0.00000243. The van der Waals surface area contributed by atoms with Gasteiger partial charge in [0, 0.05) is 30.1 Å². The van der Waals surface area contributed by atoms with Crippen LogP contribution in [0.5, 0.6) is 0 Å². The van der Waals surface area contributed by atoms with E-state index in [4.69, 9.17) is 11.6 Å². The Morgan fingerprint density at radius 3 is 2.62 bits per heavy atom. The summed E-state index contributed by atoms with van der Waals surface area (Å²) in [6, 6.07) is 8.78. The van der Waals surface area contributed by atoms with Crippen molar-refractivity contribution in [2.45, 2.75) is 62.5 Å². The van der Waals surface area contributed by atoms with Crippen molar-refractivity contribution in [3.05, 3.63) is 34.9 Å². The van der Waals surface area contributed by atoms with Gasteiger partial charge in [-0.25, -0.2) is 0 Å². The fourth-order valence-corrected chi connectivity index (χ4v) is 4.90. The molecule has 26 heavy (non-hydrogen) atoms. The van der Waals surface area contributed by atoms with Gasteiger partial charge in [0.1, 0.15) is 0 Å². The van der Waals surface area contributed by atoms with E-state index in [1.54, 1.807) is 0 Å². The Morgan fingerprint density at radius 1 is 1.23 bits per heavy atom. The number of rotatable bonds is 5. The molecule has 2 fully saturated rings. The smallest absolute Gasteiger partial charge is 0.0728 e. The molecule has 2 aliphatic rings. The van der Waals surface area contributed by atoms with Gasteiger partial charge in [0.15, 0.2) is 0 Å². The zero-order chi connectivity index (χ0) is 17.9. The Hall–Kier alpha value is -0.320. The van der Waals surface area contributed by atoms with E-state index in [1.165, 1.54) is 24.8 Å². The summed E-state index contributed by atoms with van der Waals surface area (Å²) in [5.41, 5.74) is 0.609. The van der Waals surface area contributed by atoms with Crippen LogP contribution in [0.1, 0.15) is 56.4 Å². The molecule has 1 heterocycles. The molecule has 1 aromatic carbocycles. The summed E-state index contributed by atoms with van der Waals surface area (Å²) in [6.07, 6.45) is 7.85. The quantitative estimate of drug-likeness (QED) is 0.783. The minimum Gasteiger partial charge on any atom is -0.389 e. The molecule has 0 spiro atoms. The van der Waals surface area contributed by atoms with Gasteiger partial charge >= 0.3 is 0 Å².